The van der Waals surface area contributed by atoms with Crippen LogP contribution in [0.4, 0.5) is 5.69 Å². The largest absolute Gasteiger partial charge is 0.308 e. The first-order valence-electron chi connectivity index (χ1n) is 3.39. The van der Waals surface area contributed by atoms with Gasteiger partial charge in [-0.2, -0.15) is 0 Å². The number of aromatic nitrogens is 1. The smallest absolute Gasteiger partial charge is 0.0888 e. The molecule has 4 heteroatoms. The van der Waals surface area contributed by atoms with Gasteiger partial charge in [0.05, 0.1) is 17.9 Å². The first-order chi connectivity index (χ1) is 5.29. The Balaban J connectivity index is 2.58. The molecule has 0 spiro atoms. The third-order valence-electron chi connectivity index (χ3n) is 1.77. The summed E-state index contributed by atoms with van der Waals surface area (Å²) in [5.74, 6) is 0. The first-order valence-corrected chi connectivity index (χ1v) is 4.19. The van der Waals surface area contributed by atoms with E-state index in [4.69, 9.17) is 0 Å². The number of hydrogen-bond acceptors (Lipinski definition) is 3. The lowest BCUT2D eigenvalue weighted by atomic mass is 10.3. The molecule has 0 atom stereocenters. The van der Waals surface area contributed by atoms with Crippen LogP contribution in [-0.2, 0) is 6.54 Å². The molecule has 11 heavy (non-hydrogen) atoms. The molecule has 0 aromatic carbocycles. The number of fused-ring (bicyclic) bond motifs is 1. The van der Waals surface area contributed by atoms with Crippen LogP contribution in [0.5, 0.6) is 0 Å². The van der Waals surface area contributed by atoms with Crippen molar-refractivity contribution in [3.8, 4) is 0 Å². The predicted molar refractivity (Wildman–Crippen MR) is 47.2 cm³/mol. The van der Waals surface area contributed by atoms with Gasteiger partial charge >= 0.3 is 0 Å². The summed E-state index contributed by atoms with van der Waals surface area (Å²) in [6, 6.07) is 1.95. The van der Waals surface area contributed by atoms with Crippen LogP contribution in [0.1, 0.15) is 5.69 Å². The number of hydrogen-bond donors (Lipinski definition) is 1. The number of pyridine rings is 1. The fraction of sp³-hybridized carbons (Fsp3) is 0.286. The molecule has 0 unspecified atom stereocenters. The lowest BCUT2D eigenvalue weighted by Crippen LogP contribution is -2.26. The SMILES string of the molecule is CN1NCc2nccc(Br)c21. The summed E-state index contributed by atoms with van der Waals surface area (Å²) >= 11 is 3.47. The zero-order chi connectivity index (χ0) is 7.84. The zero-order valence-corrected chi connectivity index (χ0v) is 7.72. The van der Waals surface area contributed by atoms with Crippen molar-refractivity contribution in [3.63, 3.8) is 0 Å². The molecule has 0 bridgehead atoms. The average molecular weight is 214 g/mol. The molecule has 0 saturated heterocycles. The second kappa shape index (κ2) is 2.46. The number of halogens is 1. The average Bonchev–Trinajstić information content (AvgIpc) is 2.34. The summed E-state index contributed by atoms with van der Waals surface area (Å²) in [5, 5.41) is 1.98. The van der Waals surface area contributed by atoms with Gasteiger partial charge in [-0.1, -0.05) is 0 Å². The molecule has 0 aliphatic carbocycles. The Labute approximate surface area is 73.5 Å². The van der Waals surface area contributed by atoms with Gasteiger partial charge in [0.25, 0.3) is 0 Å². The minimum atomic E-state index is 0.825. The summed E-state index contributed by atoms with van der Waals surface area (Å²) < 4.78 is 1.09. The second-order valence-electron chi connectivity index (χ2n) is 2.48. The fourth-order valence-corrected chi connectivity index (χ4v) is 1.84. The molecule has 1 aromatic rings. The van der Waals surface area contributed by atoms with E-state index in [-0.39, 0.29) is 0 Å². The van der Waals surface area contributed by atoms with Crippen LogP contribution in [-0.4, -0.2) is 12.0 Å². The molecule has 0 fully saturated rings. The van der Waals surface area contributed by atoms with E-state index in [2.05, 4.69) is 26.3 Å². The molecule has 1 aliphatic rings. The molecular formula is C7H8BrN3. The third kappa shape index (κ3) is 1.02. The number of anilines is 1. The molecule has 3 nitrogen and oxygen atoms in total. The van der Waals surface area contributed by atoms with E-state index in [0.29, 0.717) is 0 Å². The Bertz CT molecular complexity index is 287. The highest BCUT2D eigenvalue weighted by Gasteiger charge is 2.18. The Morgan fingerprint density at radius 2 is 2.55 bits per heavy atom. The fourth-order valence-electron chi connectivity index (χ4n) is 1.23. The predicted octanol–water partition coefficient (Wildman–Crippen LogP) is 1.30. The molecule has 0 amide bonds. The summed E-state index contributed by atoms with van der Waals surface area (Å²) in [6.07, 6.45) is 1.81. The maximum absolute atomic E-state index is 4.24. The Kier molecular flexibility index (Phi) is 1.58. The number of nitrogens with zero attached hydrogens (tertiary/aromatic N) is 2. The van der Waals surface area contributed by atoms with Gasteiger partial charge in [0.15, 0.2) is 0 Å². The first kappa shape index (κ1) is 7.06. The zero-order valence-electron chi connectivity index (χ0n) is 6.13. The van der Waals surface area contributed by atoms with E-state index >= 15 is 0 Å². The highest BCUT2D eigenvalue weighted by atomic mass is 79.9. The van der Waals surface area contributed by atoms with E-state index in [1.54, 1.807) is 0 Å². The molecule has 1 N–H and O–H groups in total. The molecule has 1 aromatic heterocycles. The second-order valence-corrected chi connectivity index (χ2v) is 3.34. The number of hydrazine groups is 1. The summed E-state index contributed by atoms with van der Waals surface area (Å²) in [6.45, 7) is 0.825. The Hall–Kier alpha value is -0.610. The lowest BCUT2D eigenvalue weighted by molar-refractivity contribution is 0.728. The van der Waals surface area contributed by atoms with Crippen LogP contribution in [0.25, 0.3) is 0 Å². The van der Waals surface area contributed by atoms with Crippen molar-refractivity contribution in [2.75, 3.05) is 12.1 Å². The van der Waals surface area contributed by atoms with E-state index in [1.807, 2.05) is 24.3 Å². The highest BCUT2D eigenvalue weighted by Crippen LogP contribution is 2.30. The van der Waals surface area contributed by atoms with Crippen LogP contribution in [0.3, 0.4) is 0 Å². The van der Waals surface area contributed by atoms with Gasteiger partial charge in [-0.05, 0) is 22.0 Å². The highest BCUT2D eigenvalue weighted by molar-refractivity contribution is 9.10. The van der Waals surface area contributed by atoms with Crippen LogP contribution >= 0.6 is 15.9 Å². The van der Waals surface area contributed by atoms with E-state index in [1.165, 1.54) is 0 Å². The molecule has 0 saturated carbocycles. The summed E-state index contributed by atoms with van der Waals surface area (Å²) in [5.41, 5.74) is 5.41. The van der Waals surface area contributed by atoms with Gasteiger partial charge in [-0.25, -0.2) is 5.43 Å². The van der Waals surface area contributed by atoms with Gasteiger partial charge in [0, 0.05) is 17.7 Å². The molecule has 58 valence electrons. The van der Waals surface area contributed by atoms with Crippen molar-refractivity contribution >= 4 is 21.6 Å². The molecule has 1 aliphatic heterocycles. The van der Waals surface area contributed by atoms with Crippen LogP contribution in [0, 0.1) is 0 Å². The normalized spacial score (nSPS) is 15.3. The van der Waals surface area contributed by atoms with Crippen LogP contribution in [0.2, 0.25) is 0 Å². The number of rotatable bonds is 0. The van der Waals surface area contributed by atoms with Crippen LogP contribution < -0.4 is 10.4 Å². The van der Waals surface area contributed by atoms with Crippen molar-refractivity contribution in [1.82, 2.24) is 10.4 Å². The van der Waals surface area contributed by atoms with E-state index in [0.717, 1.165) is 22.4 Å². The molecular weight excluding hydrogens is 206 g/mol. The molecule has 2 heterocycles. The van der Waals surface area contributed by atoms with Crippen molar-refractivity contribution in [3.05, 3.63) is 22.4 Å². The van der Waals surface area contributed by atoms with E-state index < -0.39 is 0 Å². The summed E-state index contributed by atoms with van der Waals surface area (Å²) in [4.78, 5) is 4.24. The van der Waals surface area contributed by atoms with Gasteiger partial charge in [-0.15, -0.1) is 0 Å². The van der Waals surface area contributed by atoms with Gasteiger partial charge < -0.3 is 5.01 Å². The summed E-state index contributed by atoms with van der Waals surface area (Å²) in [7, 11) is 1.98. The molecule has 2 rings (SSSR count). The Morgan fingerprint density at radius 1 is 1.73 bits per heavy atom. The molecule has 0 radical (unpaired) electrons. The van der Waals surface area contributed by atoms with Crippen molar-refractivity contribution in [2.45, 2.75) is 6.54 Å². The van der Waals surface area contributed by atoms with Gasteiger partial charge in [0.2, 0.25) is 0 Å². The third-order valence-corrected chi connectivity index (χ3v) is 2.41. The maximum atomic E-state index is 4.24. The lowest BCUT2D eigenvalue weighted by Gasteiger charge is -2.12. The van der Waals surface area contributed by atoms with Crippen molar-refractivity contribution in [2.24, 2.45) is 0 Å². The van der Waals surface area contributed by atoms with Gasteiger partial charge in [-0.3, -0.25) is 4.98 Å². The standard InChI is InChI=1S/C7H8BrN3/c1-11-7-5(8)2-3-9-6(7)4-10-11/h2-3,10H,4H2,1H3. The monoisotopic (exact) mass is 213 g/mol. The Morgan fingerprint density at radius 3 is 3.27 bits per heavy atom. The van der Waals surface area contributed by atoms with Crippen molar-refractivity contribution < 1.29 is 0 Å². The van der Waals surface area contributed by atoms with Crippen molar-refractivity contribution in [1.29, 1.82) is 0 Å². The van der Waals surface area contributed by atoms with E-state index in [9.17, 15) is 0 Å². The number of nitrogens with one attached hydrogen (secondary N) is 1. The topological polar surface area (TPSA) is 28.2 Å². The maximum Gasteiger partial charge on any atom is 0.0888 e. The van der Waals surface area contributed by atoms with Crippen LogP contribution in [0.15, 0.2) is 16.7 Å². The van der Waals surface area contributed by atoms with Gasteiger partial charge in [0.1, 0.15) is 0 Å². The minimum absolute atomic E-state index is 0.825. The quantitative estimate of drug-likeness (QED) is 0.705. The minimum Gasteiger partial charge on any atom is -0.308 e.